The highest BCUT2D eigenvalue weighted by molar-refractivity contribution is 7.89. The van der Waals surface area contributed by atoms with Crippen LogP contribution in [0.1, 0.15) is 32.1 Å². The molecule has 2 saturated carbocycles. The molecule has 8 heteroatoms. The maximum atomic E-state index is 12.0. The van der Waals surface area contributed by atoms with E-state index in [0.717, 1.165) is 31.2 Å². The summed E-state index contributed by atoms with van der Waals surface area (Å²) in [5, 5.41) is 11.6. The topological polar surface area (TPSA) is 92.6 Å². The van der Waals surface area contributed by atoms with E-state index >= 15 is 0 Å². The zero-order chi connectivity index (χ0) is 17.8. The average Bonchev–Trinajstić information content (AvgIpc) is 2.77. The van der Waals surface area contributed by atoms with Crippen molar-refractivity contribution in [2.45, 2.75) is 43.0 Å². The van der Waals surface area contributed by atoms with Crippen molar-refractivity contribution in [3.05, 3.63) is 28.3 Å². The number of fused-ring (bicyclic) bond motifs is 1. The van der Waals surface area contributed by atoms with Gasteiger partial charge in [-0.2, -0.15) is 0 Å². The zero-order valence-corrected chi connectivity index (χ0v) is 15.0. The molecule has 1 aromatic carbocycles. The number of hydrogen-bond acceptors (Lipinski definition) is 5. The number of sulfonamides is 1. The average molecular weight is 365 g/mol. The van der Waals surface area contributed by atoms with Crippen LogP contribution in [-0.4, -0.2) is 33.0 Å². The SMILES string of the molecule is CNS(=O)(=O)c1ccc(N2CC3C[C@@H]4CC2C[C@H](C3)C4)c([N+](=O)[O-])c1. The van der Waals surface area contributed by atoms with Crippen LogP contribution in [0.3, 0.4) is 0 Å². The molecule has 1 aromatic rings. The second-order valence-electron chi connectivity index (χ2n) is 7.70. The summed E-state index contributed by atoms with van der Waals surface area (Å²) < 4.78 is 26.2. The molecule has 2 aliphatic carbocycles. The van der Waals surface area contributed by atoms with Gasteiger partial charge in [-0.05, 0) is 69.0 Å². The fourth-order valence-corrected chi connectivity index (χ4v) is 6.01. The Morgan fingerprint density at radius 3 is 2.36 bits per heavy atom. The molecular formula is C17H23N3O4S. The lowest BCUT2D eigenvalue weighted by atomic mass is 9.68. The largest absolute Gasteiger partial charge is 0.363 e. The molecule has 0 aromatic heterocycles. The monoisotopic (exact) mass is 365 g/mol. The van der Waals surface area contributed by atoms with Crippen molar-refractivity contribution < 1.29 is 13.3 Å². The highest BCUT2D eigenvalue weighted by Crippen LogP contribution is 2.49. The Balaban J connectivity index is 1.76. The van der Waals surface area contributed by atoms with E-state index in [2.05, 4.69) is 9.62 Å². The van der Waals surface area contributed by atoms with Crippen LogP contribution in [0.2, 0.25) is 0 Å². The first-order valence-corrected chi connectivity index (χ1v) is 10.3. The number of nitro benzene ring substituents is 1. The van der Waals surface area contributed by atoms with E-state index in [9.17, 15) is 18.5 Å². The van der Waals surface area contributed by atoms with E-state index in [4.69, 9.17) is 0 Å². The van der Waals surface area contributed by atoms with Gasteiger partial charge >= 0.3 is 0 Å². The molecule has 4 bridgehead atoms. The quantitative estimate of drug-likeness (QED) is 0.654. The lowest BCUT2D eigenvalue weighted by Crippen LogP contribution is -2.38. The number of rotatable bonds is 4. The third kappa shape index (κ3) is 2.91. The molecule has 0 radical (unpaired) electrons. The number of nitrogens with one attached hydrogen (secondary N) is 1. The second-order valence-corrected chi connectivity index (χ2v) is 9.58. The minimum atomic E-state index is -3.70. The van der Waals surface area contributed by atoms with Crippen LogP contribution in [-0.2, 0) is 10.0 Å². The van der Waals surface area contributed by atoms with Crippen molar-refractivity contribution in [3.63, 3.8) is 0 Å². The Labute approximate surface area is 147 Å². The summed E-state index contributed by atoms with van der Waals surface area (Å²) in [5.74, 6) is 2.09. The molecule has 2 aliphatic heterocycles. The molecule has 4 aliphatic rings. The third-order valence-corrected chi connectivity index (χ3v) is 7.55. The molecule has 0 spiro atoms. The van der Waals surface area contributed by atoms with E-state index in [1.54, 1.807) is 6.07 Å². The summed E-state index contributed by atoms with van der Waals surface area (Å²) in [6.07, 6.45) is 5.96. The number of benzene rings is 1. The van der Waals surface area contributed by atoms with Gasteiger partial charge in [0, 0.05) is 18.7 Å². The van der Waals surface area contributed by atoms with Gasteiger partial charge in [0.2, 0.25) is 10.0 Å². The van der Waals surface area contributed by atoms with Crippen LogP contribution in [0.4, 0.5) is 11.4 Å². The molecular weight excluding hydrogens is 342 g/mol. The number of hydrogen-bond donors (Lipinski definition) is 1. The lowest BCUT2D eigenvalue weighted by Gasteiger charge is -2.39. The fourth-order valence-electron chi connectivity index (χ4n) is 5.26. The molecule has 2 heterocycles. The number of nitro groups is 1. The molecule has 4 fully saturated rings. The normalized spacial score (nSPS) is 31.2. The molecule has 7 nitrogen and oxygen atoms in total. The summed E-state index contributed by atoms with van der Waals surface area (Å²) in [7, 11) is -2.40. The Hall–Kier alpha value is -1.67. The molecule has 25 heavy (non-hydrogen) atoms. The third-order valence-electron chi connectivity index (χ3n) is 6.14. The van der Waals surface area contributed by atoms with Crippen molar-refractivity contribution in [1.29, 1.82) is 0 Å². The predicted molar refractivity (Wildman–Crippen MR) is 94.0 cm³/mol. The summed E-state index contributed by atoms with van der Waals surface area (Å²) in [4.78, 5) is 13.3. The first-order valence-electron chi connectivity index (χ1n) is 8.86. The van der Waals surface area contributed by atoms with Crippen LogP contribution < -0.4 is 9.62 Å². The molecule has 136 valence electrons. The predicted octanol–water partition coefficient (Wildman–Crippen LogP) is 2.52. The summed E-state index contributed by atoms with van der Waals surface area (Å²) in [5.41, 5.74) is 0.454. The van der Waals surface area contributed by atoms with E-state index < -0.39 is 14.9 Å². The van der Waals surface area contributed by atoms with Gasteiger partial charge < -0.3 is 4.90 Å². The van der Waals surface area contributed by atoms with Crippen LogP contribution in [0.25, 0.3) is 0 Å². The first-order chi connectivity index (χ1) is 11.9. The molecule has 0 amide bonds. The van der Waals surface area contributed by atoms with E-state index in [0.29, 0.717) is 17.6 Å². The minimum Gasteiger partial charge on any atom is -0.363 e. The second kappa shape index (κ2) is 5.95. The summed E-state index contributed by atoms with van der Waals surface area (Å²) >= 11 is 0. The number of nitrogens with zero attached hydrogens (tertiary/aromatic N) is 2. The van der Waals surface area contributed by atoms with Crippen molar-refractivity contribution in [2.75, 3.05) is 18.5 Å². The molecule has 4 atom stereocenters. The standard InChI is InChI=1S/C17H23N3O4S/c1-18-25(23,24)15-2-3-16(17(9-15)20(21)22)19-10-13-5-11-4-12(6-13)8-14(19)7-11/h2-3,9,11-14,18H,4-8,10H2,1H3/t11-,12+,13?,14?. The smallest absolute Gasteiger partial charge is 0.293 e. The van der Waals surface area contributed by atoms with Gasteiger partial charge in [0.1, 0.15) is 5.69 Å². The summed E-state index contributed by atoms with van der Waals surface area (Å²) in [6, 6.07) is 4.62. The minimum absolute atomic E-state index is 0.0638. The van der Waals surface area contributed by atoms with E-state index in [1.807, 2.05) is 0 Å². The van der Waals surface area contributed by atoms with E-state index in [-0.39, 0.29) is 10.6 Å². The number of anilines is 1. The van der Waals surface area contributed by atoms with E-state index in [1.165, 1.54) is 38.4 Å². The summed E-state index contributed by atoms with van der Waals surface area (Å²) in [6.45, 7) is 0.844. The van der Waals surface area contributed by atoms with Gasteiger partial charge in [-0.15, -0.1) is 0 Å². The van der Waals surface area contributed by atoms with Gasteiger partial charge in [-0.1, -0.05) is 0 Å². The maximum absolute atomic E-state index is 12.0. The van der Waals surface area contributed by atoms with Crippen LogP contribution in [0.5, 0.6) is 0 Å². The van der Waals surface area contributed by atoms with Gasteiger partial charge in [0.05, 0.1) is 9.82 Å². The van der Waals surface area contributed by atoms with Crippen molar-refractivity contribution in [3.8, 4) is 0 Å². The Morgan fingerprint density at radius 2 is 1.76 bits per heavy atom. The molecule has 1 N–H and O–H groups in total. The van der Waals surface area contributed by atoms with Crippen LogP contribution >= 0.6 is 0 Å². The van der Waals surface area contributed by atoms with Crippen molar-refractivity contribution >= 4 is 21.4 Å². The van der Waals surface area contributed by atoms with Gasteiger partial charge in [0.25, 0.3) is 5.69 Å². The van der Waals surface area contributed by atoms with Crippen LogP contribution in [0.15, 0.2) is 23.1 Å². The molecule has 5 rings (SSSR count). The van der Waals surface area contributed by atoms with Gasteiger partial charge in [0.15, 0.2) is 0 Å². The Bertz CT molecular complexity index is 796. The van der Waals surface area contributed by atoms with Gasteiger partial charge in [-0.3, -0.25) is 10.1 Å². The molecule has 2 saturated heterocycles. The first kappa shape index (κ1) is 16.8. The van der Waals surface area contributed by atoms with Crippen LogP contribution in [0, 0.1) is 27.9 Å². The highest BCUT2D eigenvalue weighted by Gasteiger charge is 2.44. The maximum Gasteiger partial charge on any atom is 0.293 e. The zero-order valence-electron chi connectivity index (χ0n) is 14.2. The van der Waals surface area contributed by atoms with Gasteiger partial charge in [-0.25, -0.2) is 13.1 Å². The molecule has 2 unspecified atom stereocenters. The van der Waals surface area contributed by atoms with Crippen molar-refractivity contribution in [2.24, 2.45) is 17.8 Å². The Morgan fingerprint density at radius 1 is 1.12 bits per heavy atom. The van der Waals surface area contributed by atoms with Crippen molar-refractivity contribution in [1.82, 2.24) is 4.72 Å². The Kier molecular flexibility index (Phi) is 3.99. The fraction of sp³-hybridized carbons (Fsp3) is 0.647. The highest BCUT2D eigenvalue weighted by atomic mass is 32.2. The lowest BCUT2D eigenvalue weighted by molar-refractivity contribution is -0.384.